The van der Waals surface area contributed by atoms with Crippen LogP contribution in [0.15, 0.2) is 36.5 Å². The van der Waals surface area contributed by atoms with E-state index in [1.165, 1.54) is 25.9 Å². The molecule has 1 aromatic carbocycles. The van der Waals surface area contributed by atoms with Gasteiger partial charge in [-0.05, 0) is 57.1 Å². The van der Waals surface area contributed by atoms with Crippen LogP contribution in [0.3, 0.4) is 0 Å². The molecule has 1 aliphatic heterocycles. The van der Waals surface area contributed by atoms with Crippen molar-refractivity contribution in [3.63, 3.8) is 0 Å². The Bertz CT molecular complexity index is 962. The van der Waals surface area contributed by atoms with Crippen LogP contribution >= 0.6 is 0 Å². The summed E-state index contributed by atoms with van der Waals surface area (Å²) >= 11 is 0. The van der Waals surface area contributed by atoms with E-state index >= 15 is 0 Å². The van der Waals surface area contributed by atoms with Crippen LogP contribution in [0.2, 0.25) is 0 Å². The molecule has 0 radical (unpaired) electrons. The van der Waals surface area contributed by atoms with E-state index in [2.05, 4.69) is 25.4 Å². The highest BCUT2D eigenvalue weighted by atomic mass is 16.5. The van der Waals surface area contributed by atoms with Crippen molar-refractivity contribution in [2.24, 2.45) is 0 Å². The van der Waals surface area contributed by atoms with Crippen molar-refractivity contribution in [2.75, 3.05) is 33.3 Å². The molecule has 0 unspecified atom stereocenters. The van der Waals surface area contributed by atoms with E-state index in [9.17, 15) is 4.79 Å². The van der Waals surface area contributed by atoms with Crippen LogP contribution in [0.5, 0.6) is 5.75 Å². The number of carbonyl (C=O) groups excluding carboxylic acids is 1. The van der Waals surface area contributed by atoms with Gasteiger partial charge in [-0.1, -0.05) is 12.1 Å². The number of H-pyrrole nitrogens is 1. The SMILES string of the molecule is COc1ccccc1-c1cc(C(=O)NCCCN2CCCC2)c2cn[nH]c2n1. The highest BCUT2D eigenvalue weighted by Gasteiger charge is 2.17. The van der Waals surface area contributed by atoms with Crippen molar-refractivity contribution >= 4 is 16.9 Å². The number of rotatable bonds is 7. The lowest BCUT2D eigenvalue weighted by Gasteiger charge is -2.14. The first kappa shape index (κ1) is 18.4. The number of aromatic amines is 1. The van der Waals surface area contributed by atoms with Crippen LogP contribution in [0.1, 0.15) is 29.6 Å². The van der Waals surface area contributed by atoms with E-state index < -0.39 is 0 Å². The standard InChI is InChI=1S/C21H25N5O2/c1-28-19-8-3-2-7-15(19)18-13-16(17-14-23-25-20(17)24-18)21(27)22-9-6-12-26-10-4-5-11-26/h2-3,7-8,13-14H,4-6,9-12H2,1H3,(H,22,27)(H,23,24,25). The molecule has 0 bridgehead atoms. The first-order valence-corrected chi connectivity index (χ1v) is 9.74. The number of nitrogens with one attached hydrogen (secondary N) is 2. The van der Waals surface area contributed by atoms with E-state index in [0.717, 1.165) is 23.9 Å². The number of ether oxygens (including phenoxy) is 1. The van der Waals surface area contributed by atoms with Gasteiger partial charge in [-0.15, -0.1) is 0 Å². The average Bonchev–Trinajstić information content (AvgIpc) is 3.42. The summed E-state index contributed by atoms with van der Waals surface area (Å²) in [5.41, 5.74) is 2.67. The third kappa shape index (κ3) is 3.84. The van der Waals surface area contributed by atoms with Gasteiger partial charge in [-0.3, -0.25) is 9.89 Å². The molecule has 4 rings (SSSR count). The summed E-state index contributed by atoms with van der Waals surface area (Å²) < 4.78 is 5.45. The number of amides is 1. The molecule has 0 aliphatic carbocycles. The lowest BCUT2D eigenvalue weighted by atomic mass is 10.1. The van der Waals surface area contributed by atoms with Gasteiger partial charge in [0.25, 0.3) is 5.91 Å². The van der Waals surface area contributed by atoms with Gasteiger partial charge in [-0.25, -0.2) is 4.98 Å². The normalized spacial score (nSPS) is 14.5. The van der Waals surface area contributed by atoms with Gasteiger partial charge >= 0.3 is 0 Å². The predicted molar refractivity (Wildman–Crippen MR) is 109 cm³/mol. The molecule has 7 nitrogen and oxygen atoms in total. The van der Waals surface area contributed by atoms with Gasteiger partial charge in [0, 0.05) is 12.1 Å². The summed E-state index contributed by atoms with van der Waals surface area (Å²) in [6.45, 7) is 4.04. The predicted octanol–water partition coefficient (Wildman–Crippen LogP) is 2.85. The Morgan fingerprint density at radius 2 is 2.11 bits per heavy atom. The number of para-hydroxylation sites is 1. The average molecular weight is 379 g/mol. The number of nitrogens with zero attached hydrogens (tertiary/aromatic N) is 3. The Labute approximate surface area is 164 Å². The number of hydrogen-bond acceptors (Lipinski definition) is 5. The van der Waals surface area contributed by atoms with Crippen LogP contribution in [-0.4, -0.2) is 59.3 Å². The minimum absolute atomic E-state index is 0.105. The topological polar surface area (TPSA) is 83.1 Å². The molecule has 1 fully saturated rings. The van der Waals surface area contributed by atoms with Gasteiger partial charge in [0.1, 0.15) is 5.75 Å². The number of aromatic nitrogens is 3. The first-order valence-electron chi connectivity index (χ1n) is 9.74. The second kappa shape index (κ2) is 8.39. The molecule has 0 spiro atoms. The zero-order chi connectivity index (χ0) is 19.3. The van der Waals surface area contributed by atoms with E-state index in [0.29, 0.717) is 29.2 Å². The number of carbonyl (C=O) groups is 1. The molecule has 1 amide bonds. The van der Waals surface area contributed by atoms with Gasteiger partial charge in [-0.2, -0.15) is 5.10 Å². The summed E-state index contributed by atoms with van der Waals surface area (Å²) in [6, 6.07) is 9.46. The largest absolute Gasteiger partial charge is 0.496 e. The van der Waals surface area contributed by atoms with Crippen LogP contribution < -0.4 is 10.1 Å². The molecule has 2 N–H and O–H groups in total. The molecule has 1 saturated heterocycles. The van der Waals surface area contributed by atoms with E-state index in [1.54, 1.807) is 13.3 Å². The van der Waals surface area contributed by atoms with Crippen molar-refractivity contribution in [1.82, 2.24) is 25.4 Å². The number of pyridine rings is 1. The molecule has 7 heteroatoms. The summed E-state index contributed by atoms with van der Waals surface area (Å²) in [7, 11) is 1.63. The van der Waals surface area contributed by atoms with Crippen LogP contribution in [0, 0.1) is 0 Å². The summed E-state index contributed by atoms with van der Waals surface area (Å²) in [4.78, 5) is 19.9. The maximum absolute atomic E-state index is 12.9. The fourth-order valence-electron chi connectivity index (χ4n) is 3.72. The van der Waals surface area contributed by atoms with Gasteiger partial charge < -0.3 is 15.0 Å². The highest BCUT2D eigenvalue weighted by molar-refractivity contribution is 6.06. The van der Waals surface area contributed by atoms with Crippen molar-refractivity contribution < 1.29 is 9.53 Å². The fourth-order valence-corrected chi connectivity index (χ4v) is 3.72. The third-order valence-electron chi connectivity index (χ3n) is 5.19. The summed E-state index contributed by atoms with van der Waals surface area (Å²) in [5.74, 6) is 0.609. The van der Waals surface area contributed by atoms with E-state index in [1.807, 2.05) is 30.3 Å². The minimum atomic E-state index is -0.105. The molecular formula is C21H25N5O2. The van der Waals surface area contributed by atoms with Crippen LogP contribution in [0.4, 0.5) is 0 Å². The zero-order valence-electron chi connectivity index (χ0n) is 16.1. The monoisotopic (exact) mass is 379 g/mol. The molecule has 0 atom stereocenters. The fraction of sp³-hybridized carbons (Fsp3) is 0.381. The number of methoxy groups -OCH3 is 1. The number of fused-ring (bicyclic) bond motifs is 1. The van der Waals surface area contributed by atoms with Crippen molar-refractivity contribution in [1.29, 1.82) is 0 Å². The Morgan fingerprint density at radius 1 is 1.29 bits per heavy atom. The first-order chi connectivity index (χ1) is 13.8. The van der Waals surface area contributed by atoms with Crippen molar-refractivity contribution in [3.05, 3.63) is 42.1 Å². The van der Waals surface area contributed by atoms with Crippen molar-refractivity contribution in [2.45, 2.75) is 19.3 Å². The number of benzene rings is 1. The molecule has 3 heterocycles. The molecule has 0 saturated carbocycles. The molecule has 2 aromatic heterocycles. The quantitative estimate of drug-likeness (QED) is 0.617. The van der Waals surface area contributed by atoms with Gasteiger partial charge in [0.2, 0.25) is 0 Å². The second-order valence-electron chi connectivity index (χ2n) is 7.05. The Hall–Kier alpha value is -2.93. The van der Waals surface area contributed by atoms with Gasteiger partial charge in [0.15, 0.2) is 5.65 Å². The maximum Gasteiger partial charge on any atom is 0.252 e. The Balaban J connectivity index is 1.54. The third-order valence-corrected chi connectivity index (χ3v) is 5.19. The Kier molecular flexibility index (Phi) is 5.53. The number of hydrogen-bond donors (Lipinski definition) is 2. The smallest absolute Gasteiger partial charge is 0.252 e. The number of likely N-dealkylation sites (tertiary alicyclic amines) is 1. The minimum Gasteiger partial charge on any atom is -0.496 e. The van der Waals surface area contributed by atoms with Gasteiger partial charge in [0.05, 0.1) is 30.0 Å². The van der Waals surface area contributed by atoms with Crippen molar-refractivity contribution in [3.8, 4) is 17.0 Å². The molecular weight excluding hydrogens is 354 g/mol. The lowest BCUT2D eigenvalue weighted by molar-refractivity contribution is 0.0953. The zero-order valence-corrected chi connectivity index (χ0v) is 16.1. The summed E-state index contributed by atoms with van der Waals surface area (Å²) in [5, 5.41) is 10.7. The van der Waals surface area contributed by atoms with Crippen LogP contribution in [-0.2, 0) is 0 Å². The highest BCUT2D eigenvalue weighted by Crippen LogP contribution is 2.30. The molecule has 146 valence electrons. The van der Waals surface area contributed by atoms with E-state index in [-0.39, 0.29) is 5.91 Å². The Morgan fingerprint density at radius 3 is 2.93 bits per heavy atom. The molecule has 28 heavy (non-hydrogen) atoms. The maximum atomic E-state index is 12.9. The lowest BCUT2D eigenvalue weighted by Crippen LogP contribution is -2.28. The molecule has 3 aromatic rings. The second-order valence-corrected chi connectivity index (χ2v) is 7.05. The van der Waals surface area contributed by atoms with Crippen LogP contribution in [0.25, 0.3) is 22.3 Å². The molecule has 1 aliphatic rings. The van der Waals surface area contributed by atoms with E-state index in [4.69, 9.17) is 4.74 Å². The summed E-state index contributed by atoms with van der Waals surface area (Å²) in [6.07, 6.45) is 5.17.